The van der Waals surface area contributed by atoms with Crippen LogP contribution in [0, 0.1) is 0 Å². The molecular formula is C26H42O12S2. The fourth-order valence-corrected chi connectivity index (χ4v) is 3.78. The van der Waals surface area contributed by atoms with Gasteiger partial charge in [-0.2, -0.15) is 23.5 Å². The van der Waals surface area contributed by atoms with Gasteiger partial charge in [-0.1, -0.05) is 13.2 Å². The SMILES string of the molecule is C=C(C)C(=O)OCC(O)COC(=O)CCSCCOCCOCCSCCC(=O)OCC(O)COC(=O)C(=C)C. The lowest BCUT2D eigenvalue weighted by atomic mass is 10.3. The zero-order valence-corrected chi connectivity index (χ0v) is 24.9. The van der Waals surface area contributed by atoms with Crippen molar-refractivity contribution in [3.05, 3.63) is 24.3 Å². The Hall–Kier alpha value is -2.10. The molecular weight excluding hydrogens is 568 g/mol. The van der Waals surface area contributed by atoms with Crippen molar-refractivity contribution in [2.45, 2.75) is 38.9 Å². The molecule has 0 amide bonds. The molecule has 2 unspecified atom stereocenters. The van der Waals surface area contributed by atoms with Crippen molar-refractivity contribution in [1.82, 2.24) is 0 Å². The van der Waals surface area contributed by atoms with Crippen molar-refractivity contribution in [3.8, 4) is 0 Å². The number of aliphatic hydroxyl groups excluding tert-OH is 2. The van der Waals surface area contributed by atoms with E-state index in [2.05, 4.69) is 13.2 Å². The van der Waals surface area contributed by atoms with Crippen LogP contribution in [0.15, 0.2) is 24.3 Å². The lowest BCUT2D eigenvalue weighted by molar-refractivity contribution is -0.151. The fourth-order valence-electron chi connectivity index (χ4n) is 2.28. The summed E-state index contributed by atoms with van der Waals surface area (Å²) in [6.07, 6.45) is -1.79. The van der Waals surface area contributed by atoms with E-state index in [1.165, 1.54) is 37.4 Å². The molecule has 0 saturated carbocycles. The van der Waals surface area contributed by atoms with E-state index in [4.69, 9.17) is 28.4 Å². The van der Waals surface area contributed by atoms with Gasteiger partial charge in [0, 0.05) is 34.2 Å². The van der Waals surface area contributed by atoms with E-state index in [1.54, 1.807) is 0 Å². The zero-order chi connectivity index (χ0) is 30.2. The number of rotatable bonds is 25. The third-order valence-corrected chi connectivity index (χ3v) is 6.30. The molecule has 230 valence electrons. The molecule has 0 heterocycles. The van der Waals surface area contributed by atoms with Crippen LogP contribution in [0.3, 0.4) is 0 Å². The molecule has 0 aliphatic heterocycles. The summed E-state index contributed by atoms with van der Waals surface area (Å²) in [7, 11) is 0. The predicted octanol–water partition coefficient (Wildman–Crippen LogP) is 1.31. The molecule has 0 radical (unpaired) electrons. The number of carbonyl (C=O) groups is 4. The Morgan fingerprint density at radius 1 is 0.600 bits per heavy atom. The van der Waals surface area contributed by atoms with Gasteiger partial charge in [-0.15, -0.1) is 0 Å². The summed E-state index contributed by atoms with van der Waals surface area (Å²) in [6, 6.07) is 0. The highest BCUT2D eigenvalue weighted by molar-refractivity contribution is 7.99. The van der Waals surface area contributed by atoms with Crippen LogP contribution in [0.25, 0.3) is 0 Å². The number of thioether (sulfide) groups is 2. The minimum absolute atomic E-state index is 0.191. The van der Waals surface area contributed by atoms with Gasteiger partial charge in [0.1, 0.15) is 38.6 Å². The molecule has 14 heteroatoms. The second-order valence-corrected chi connectivity index (χ2v) is 10.8. The number of esters is 4. The molecule has 40 heavy (non-hydrogen) atoms. The van der Waals surface area contributed by atoms with Gasteiger partial charge in [0.15, 0.2) is 0 Å². The molecule has 0 aromatic rings. The Balaban J connectivity index is 3.45. The van der Waals surface area contributed by atoms with Crippen LogP contribution < -0.4 is 0 Å². The van der Waals surface area contributed by atoms with Crippen molar-refractivity contribution in [1.29, 1.82) is 0 Å². The van der Waals surface area contributed by atoms with Gasteiger partial charge < -0.3 is 38.6 Å². The van der Waals surface area contributed by atoms with Crippen LogP contribution >= 0.6 is 23.5 Å². The Morgan fingerprint density at radius 2 is 0.950 bits per heavy atom. The number of ether oxygens (including phenoxy) is 6. The van der Waals surface area contributed by atoms with E-state index < -0.39 is 36.1 Å². The van der Waals surface area contributed by atoms with Crippen LogP contribution in [-0.2, 0) is 47.6 Å². The Labute approximate surface area is 244 Å². The second-order valence-electron chi connectivity index (χ2n) is 8.38. The van der Waals surface area contributed by atoms with Crippen molar-refractivity contribution >= 4 is 47.4 Å². The van der Waals surface area contributed by atoms with Gasteiger partial charge in [-0.05, 0) is 13.8 Å². The van der Waals surface area contributed by atoms with Gasteiger partial charge in [0.2, 0.25) is 0 Å². The maximum atomic E-state index is 11.7. The third kappa shape index (κ3) is 23.8. The van der Waals surface area contributed by atoms with E-state index in [0.717, 1.165) is 0 Å². The summed E-state index contributed by atoms with van der Waals surface area (Å²) in [5.41, 5.74) is 0.445. The maximum Gasteiger partial charge on any atom is 0.333 e. The first-order valence-electron chi connectivity index (χ1n) is 12.7. The molecule has 0 rings (SSSR count). The summed E-state index contributed by atoms with van der Waals surface area (Å²) < 4.78 is 30.4. The van der Waals surface area contributed by atoms with E-state index >= 15 is 0 Å². The highest BCUT2D eigenvalue weighted by atomic mass is 32.2. The number of hydrogen-bond donors (Lipinski definition) is 2. The largest absolute Gasteiger partial charge is 0.463 e. The third-order valence-electron chi connectivity index (χ3n) is 4.40. The first-order chi connectivity index (χ1) is 19.0. The molecule has 0 aromatic heterocycles. The van der Waals surface area contributed by atoms with Crippen LogP contribution in [0.5, 0.6) is 0 Å². The van der Waals surface area contributed by atoms with Crippen LogP contribution in [-0.4, -0.2) is 122 Å². The fraction of sp³-hybridized carbons (Fsp3) is 0.692. The maximum absolute atomic E-state index is 11.7. The monoisotopic (exact) mass is 610 g/mol. The van der Waals surface area contributed by atoms with Gasteiger partial charge in [0.05, 0.1) is 39.3 Å². The smallest absolute Gasteiger partial charge is 0.333 e. The summed E-state index contributed by atoms with van der Waals surface area (Å²) in [5.74, 6) is 0.398. The van der Waals surface area contributed by atoms with Gasteiger partial charge in [-0.25, -0.2) is 9.59 Å². The van der Waals surface area contributed by atoms with E-state index in [-0.39, 0.29) is 50.4 Å². The van der Waals surface area contributed by atoms with Crippen LogP contribution in [0.4, 0.5) is 0 Å². The topological polar surface area (TPSA) is 164 Å². The first-order valence-corrected chi connectivity index (χ1v) is 15.0. The zero-order valence-electron chi connectivity index (χ0n) is 23.3. The summed E-state index contributed by atoms with van der Waals surface area (Å²) in [6.45, 7) is 10.7. The summed E-state index contributed by atoms with van der Waals surface area (Å²) in [5, 5.41) is 19.3. The predicted molar refractivity (Wildman–Crippen MR) is 151 cm³/mol. The summed E-state index contributed by atoms with van der Waals surface area (Å²) >= 11 is 3.07. The normalized spacial score (nSPS) is 12.2. The van der Waals surface area contributed by atoms with Crippen molar-refractivity contribution < 1.29 is 57.8 Å². The molecule has 0 aliphatic rings. The molecule has 0 spiro atoms. The van der Waals surface area contributed by atoms with Crippen molar-refractivity contribution in [2.75, 3.05) is 75.9 Å². The lowest BCUT2D eigenvalue weighted by Gasteiger charge is -2.12. The number of hydrogen-bond acceptors (Lipinski definition) is 14. The molecule has 0 fully saturated rings. The molecule has 0 aliphatic carbocycles. The molecule has 0 saturated heterocycles. The van der Waals surface area contributed by atoms with Crippen LogP contribution in [0.1, 0.15) is 26.7 Å². The molecule has 2 atom stereocenters. The van der Waals surface area contributed by atoms with E-state index in [9.17, 15) is 29.4 Å². The molecule has 2 N–H and O–H groups in total. The molecule has 12 nitrogen and oxygen atoms in total. The minimum Gasteiger partial charge on any atom is -0.463 e. The van der Waals surface area contributed by atoms with Gasteiger partial charge >= 0.3 is 23.9 Å². The average molecular weight is 611 g/mol. The highest BCUT2D eigenvalue weighted by Crippen LogP contribution is 2.05. The number of carbonyl (C=O) groups excluding carboxylic acids is 4. The number of aliphatic hydroxyl groups is 2. The lowest BCUT2D eigenvalue weighted by Crippen LogP contribution is -2.25. The standard InChI is InChI=1S/C26H42O12S2/c1-19(2)25(31)37-17-21(27)15-35-23(29)5-11-39-13-9-33-7-8-34-10-14-40-12-6-24(30)36-16-22(28)18-38-26(32)20(3)4/h21-22,27-28H,1,3,5-18H2,2,4H3. The van der Waals surface area contributed by atoms with Crippen molar-refractivity contribution in [3.63, 3.8) is 0 Å². The van der Waals surface area contributed by atoms with E-state index in [0.29, 0.717) is 49.4 Å². The molecule has 0 bridgehead atoms. The van der Waals surface area contributed by atoms with Crippen molar-refractivity contribution in [2.24, 2.45) is 0 Å². The molecule has 0 aromatic carbocycles. The van der Waals surface area contributed by atoms with Crippen LogP contribution in [0.2, 0.25) is 0 Å². The minimum atomic E-state index is -1.09. The quantitative estimate of drug-likeness (QED) is 0.0658. The van der Waals surface area contributed by atoms with E-state index in [1.807, 2.05) is 0 Å². The second kappa shape index (κ2) is 24.7. The summed E-state index contributed by atoms with van der Waals surface area (Å²) in [4.78, 5) is 45.8. The average Bonchev–Trinajstić information content (AvgIpc) is 2.92. The Morgan fingerprint density at radius 3 is 1.30 bits per heavy atom. The first kappa shape index (κ1) is 37.9. The highest BCUT2D eigenvalue weighted by Gasteiger charge is 2.13. The Kier molecular flexibility index (Phi) is 23.4. The Bertz CT molecular complexity index is 726. The van der Waals surface area contributed by atoms with Gasteiger partial charge in [0.25, 0.3) is 0 Å². The van der Waals surface area contributed by atoms with Gasteiger partial charge in [-0.3, -0.25) is 9.59 Å².